The van der Waals surface area contributed by atoms with Crippen LogP contribution in [-0.2, 0) is 0 Å². The monoisotopic (exact) mass is 308 g/mol. The van der Waals surface area contributed by atoms with Gasteiger partial charge in [0.15, 0.2) is 16.6 Å². The molecule has 0 aliphatic rings. The van der Waals surface area contributed by atoms with E-state index in [9.17, 15) is 14.0 Å². The van der Waals surface area contributed by atoms with E-state index in [2.05, 4.69) is 10.3 Å². The quantitative estimate of drug-likeness (QED) is 0.828. The SMILES string of the molecule is CC(=O)c1sc(NC(C)c2ccccc2F)nc1C(=O)O. The Bertz CT molecular complexity index is 668. The highest BCUT2D eigenvalue weighted by atomic mass is 32.1. The number of carboxylic acid groups (broad SMARTS) is 1. The number of Topliss-reactive ketones (excluding diaryl/α,β-unsaturated/α-hetero) is 1. The topological polar surface area (TPSA) is 79.3 Å². The second kappa shape index (κ2) is 6.01. The number of aromatic nitrogens is 1. The lowest BCUT2D eigenvalue weighted by Gasteiger charge is -2.13. The maximum absolute atomic E-state index is 13.7. The van der Waals surface area contributed by atoms with Gasteiger partial charge in [-0.1, -0.05) is 29.5 Å². The standard InChI is InChI=1S/C14H13FN2O3S/c1-7(9-5-3-4-6-10(9)15)16-14-17-11(13(19)20)12(21-14)8(2)18/h3-7H,1-2H3,(H,16,17)(H,19,20). The number of hydrogen-bond donors (Lipinski definition) is 2. The average molecular weight is 308 g/mol. The number of benzene rings is 1. The highest BCUT2D eigenvalue weighted by molar-refractivity contribution is 7.17. The molecule has 0 saturated carbocycles. The number of aromatic carboxylic acids is 1. The minimum atomic E-state index is -1.26. The first-order valence-electron chi connectivity index (χ1n) is 6.16. The lowest BCUT2D eigenvalue weighted by Crippen LogP contribution is -2.09. The molecule has 0 bridgehead atoms. The van der Waals surface area contributed by atoms with Gasteiger partial charge in [-0.2, -0.15) is 0 Å². The van der Waals surface area contributed by atoms with Gasteiger partial charge in [-0.15, -0.1) is 0 Å². The van der Waals surface area contributed by atoms with Crippen LogP contribution in [0.1, 0.15) is 45.6 Å². The Kier molecular flexibility index (Phi) is 4.32. The first kappa shape index (κ1) is 15.1. The molecule has 0 spiro atoms. The van der Waals surface area contributed by atoms with Crippen LogP contribution in [0.5, 0.6) is 0 Å². The zero-order valence-electron chi connectivity index (χ0n) is 11.4. The third kappa shape index (κ3) is 3.25. The van der Waals surface area contributed by atoms with Crippen LogP contribution in [0.4, 0.5) is 9.52 Å². The van der Waals surface area contributed by atoms with Crippen LogP contribution in [0, 0.1) is 5.82 Å². The van der Waals surface area contributed by atoms with Crippen LogP contribution in [0.25, 0.3) is 0 Å². The summed E-state index contributed by atoms with van der Waals surface area (Å²) in [5.41, 5.74) is 0.157. The highest BCUT2D eigenvalue weighted by Crippen LogP contribution is 2.28. The number of carbonyl (C=O) groups is 2. The predicted octanol–water partition coefficient (Wildman–Crippen LogP) is 3.36. The number of halogens is 1. The van der Waals surface area contributed by atoms with Crippen molar-refractivity contribution in [2.45, 2.75) is 19.9 Å². The molecule has 7 heteroatoms. The van der Waals surface area contributed by atoms with Gasteiger partial charge in [-0.3, -0.25) is 4.79 Å². The van der Waals surface area contributed by atoms with Crippen LogP contribution < -0.4 is 5.32 Å². The molecule has 0 aliphatic heterocycles. The van der Waals surface area contributed by atoms with Crippen molar-refractivity contribution in [1.29, 1.82) is 0 Å². The van der Waals surface area contributed by atoms with Crippen LogP contribution in [0.3, 0.4) is 0 Å². The zero-order chi connectivity index (χ0) is 15.6. The van der Waals surface area contributed by atoms with Crippen molar-refractivity contribution in [3.63, 3.8) is 0 Å². The summed E-state index contributed by atoms with van der Waals surface area (Å²) in [6.07, 6.45) is 0. The molecule has 0 radical (unpaired) electrons. The highest BCUT2D eigenvalue weighted by Gasteiger charge is 2.21. The van der Waals surface area contributed by atoms with E-state index in [1.165, 1.54) is 13.0 Å². The smallest absolute Gasteiger partial charge is 0.356 e. The molecule has 0 saturated heterocycles. The van der Waals surface area contributed by atoms with Gasteiger partial charge in [-0.25, -0.2) is 14.2 Å². The van der Waals surface area contributed by atoms with Crippen LogP contribution in [-0.4, -0.2) is 21.8 Å². The van der Waals surface area contributed by atoms with Crippen molar-refractivity contribution in [3.8, 4) is 0 Å². The number of nitrogens with one attached hydrogen (secondary N) is 1. The van der Waals surface area contributed by atoms with Gasteiger partial charge < -0.3 is 10.4 Å². The summed E-state index contributed by atoms with van der Waals surface area (Å²) in [5.74, 6) is -1.99. The Balaban J connectivity index is 2.28. The number of rotatable bonds is 5. The van der Waals surface area contributed by atoms with Gasteiger partial charge in [0.25, 0.3) is 0 Å². The van der Waals surface area contributed by atoms with Gasteiger partial charge >= 0.3 is 5.97 Å². The zero-order valence-corrected chi connectivity index (χ0v) is 12.2. The average Bonchev–Trinajstić information content (AvgIpc) is 2.83. The fourth-order valence-electron chi connectivity index (χ4n) is 1.85. The number of thiazole rings is 1. The van der Waals surface area contributed by atoms with E-state index in [4.69, 9.17) is 5.11 Å². The van der Waals surface area contributed by atoms with Crippen LogP contribution in [0.15, 0.2) is 24.3 Å². The number of carbonyl (C=O) groups excluding carboxylic acids is 1. The molecule has 1 unspecified atom stereocenters. The fourth-order valence-corrected chi connectivity index (χ4v) is 2.79. The minimum Gasteiger partial charge on any atom is -0.476 e. The first-order chi connectivity index (χ1) is 9.90. The Morgan fingerprint density at radius 1 is 1.38 bits per heavy atom. The number of nitrogens with zero attached hydrogens (tertiary/aromatic N) is 1. The maximum atomic E-state index is 13.7. The van der Waals surface area contributed by atoms with Crippen molar-refractivity contribution >= 4 is 28.2 Å². The lowest BCUT2D eigenvalue weighted by molar-refractivity contribution is 0.0687. The van der Waals surface area contributed by atoms with E-state index in [0.29, 0.717) is 5.56 Å². The molecule has 1 aromatic carbocycles. The second-order valence-corrected chi connectivity index (χ2v) is 5.44. The summed E-state index contributed by atoms with van der Waals surface area (Å²) in [6, 6.07) is 5.87. The predicted molar refractivity (Wildman–Crippen MR) is 77.5 cm³/mol. The molecular formula is C14H13FN2O3S. The third-order valence-electron chi connectivity index (χ3n) is 2.86. The van der Waals surface area contributed by atoms with Crippen molar-refractivity contribution in [1.82, 2.24) is 4.98 Å². The summed E-state index contributed by atoms with van der Waals surface area (Å²) in [5, 5.41) is 12.2. The van der Waals surface area contributed by atoms with Gasteiger partial charge in [-0.05, 0) is 13.0 Å². The summed E-state index contributed by atoms with van der Waals surface area (Å²) in [4.78, 5) is 26.4. The Hall–Kier alpha value is -2.28. The molecule has 2 aromatic rings. The molecule has 110 valence electrons. The van der Waals surface area contributed by atoms with E-state index in [1.807, 2.05) is 0 Å². The molecule has 0 amide bonds. The number of ketones is 1. The van der Waals surface area contributed by atoms with E-state index in [0.717, 1.165) is 11.3 Å². The number of carboxylic acids is 1. The molecule has 1 heterocycles. The van der Waals surface area contributed by atoms with Gasteiger partial charge in [0.1, 0.15) is 10.7 Å². The molecule has 5 nitrogen and oxygen atoms in total. The van der Waals surface area contributed by atoms with E-state index in [1.54, 1.807) is 25.1 Å². The van der Waals surface area contributed by atoms with Gasteiger partial charge in [0.05, 0.1) is 6.04 Å². The molecule has 0 fully saturated rings. The molecule has 2 rings (SSSR count). The Morgan fingerprint density at radius 2 is 2.05 bits per heavy atom. The molecule has 0 aliphatic carbocycles. The Labute approximate surface area is 124 Å². The summed E-state index contributed by atoms with van der Waals surface area (Å²) < 4.78 is 13.7. The Morgan fingerprint density at radius 3 is 2.57 bits per heavy atom. The van der Waals surface area contributed by atoms with E-state index < -0.39 is 12.0 Å². The molecular weight excluding hydrogens is 295 g/mol. The van der Waals surface area contributed by atoms with Gasteiger partial charge in [0.2, 0.25) is 0 Å². The molecule has 2 N–H and O–H groups in total. The van der Waals surface area contributed by atoms with Crippen molar-refractivity contribution in [2.24, 2.45) is 0 Å². The van der Waals surface area contributed by atoms with Crippen molar-refractivity contribution in [3.05, 3.63) is 46.2 Å². The van der Waals surface area contributed by atoms with E-state index >= 15 is 0 Å². The van der Waals surface area contributed by atoms with Crippen molar-refractivity contribution in [2.75, 3.05) is 5.32 Å². The van der Waals surface area contributed by atoms with Crippen molar-refractivity contribution < 1.29 is 19.1 Å². The van der Waals surface area contributed by atoms with Crippen LogP contribution in [0.2, 0.25) is 0 Å². The summed E-state index contributed by atoms with van der Waals surface area (Å²) >= 11 is 0.950. The number of anilines is 1. The molecule has 1 aromatic heterocycles. The first-order valence-corrected chi connectivity index (χ1v) is 6.97. The number of hydrogen-bond acceptors (Lipinski definition) is 5. The van der Waals surface area contributed by atoms with E-state index in [-0.39, 0.29) is 27.3 Å². The largest absolute Gasteiger partial charge is 0.476 e. The van der Waals surface area contributed by atoms with Gasteiger partial charge in [0, 0.05) is 12.5 Å². The lowest BCUT2D eigenvalue weighted by atomic mass is 10.1. The van der Waals surface area contributed by atoms with Crippen LogP contribution >= 0.6 is 11.3 Å². The summed E-state index contributed by atoms with van der Waals surface area (Å²) in [6.45, 7) is 3.01. The third-order valence-corrected chi connectivity index (χ3v) is 3.95. The second-order valence-electron chi connectivity index (χ2n) is 4.45. The maximum Gasteiger partial charge on any atom is 0.356 e. The fraction of sp³-hybridized carbons (Fsp3) is 0.214. The molecule has 1 atom stereocenters. The minimum absolute atomic E-state index is 0.0748. The molecule has 21 heavy (non-hydrogen) atoms. The summed E-state index contributed by atoms with van der Waals surface area (Å²) in [7, 11) is 0. The normalized spacial score (nSPS) is 12.0.